The van der Waals surface area contributed by atoms with Gasteiger partial charge in [-0.1, -0.05) is 12.1 Å². The lowest BCUT2D eigenvalue weighted by atomic mass is 10.2. The quantitative estimate of drug-likeness (QED) is 0.658. The largest absolute Gasteiger partial charge is 0.378 e. The van der Waals surface area contributed by atoms with E-state index >= 15 is 0 Å². The van der Waals surface area contributed by atoms with E-state index in [1.54, 1.807) is 7.05 Å². The van der Waals surface area contributed by atoms with E-state index in [-0.39, 0.29) is 0 Å². The maximum absolute atomic E-state index is 4.26. The Labute approximate surface area is 136 Å². The van der Waals surface area contributed by atoms with Crippen LogP contribution in [0.5, 0.6) is 0 Å². The van der Waals surface area contributed by atoms with Gasteiger partial charge < -0.3 is 15.5 Å². The number of rotatable bonds is 5. The van der Waals surface area contributed by atoms with Gasteiger partial charge in [0, 0.05) is 43.1 Å². The molecular formula is C17H24N4S. The standard InChI is InChI=1S/C17H24N4S/c1-13-5-10-16(22-13)12-20-17(18-2)19-11-14-6-8-15(9-7-14)21(3)4/h5-10H,11-12H2,1-4H3,(H2,18,19,20). The maximum atomic E-state index is 4.26. The number of guanidine groups is 1. The van der Waals surface area contributed by atoms with Crippen molar-refractivity contribution in [1.29, 1.82) is 0 Å². The molecule has 0 radical (unpaired) electrons. The first-order valence-electron chi connectivity index (χ1n) is 7.34. The molecule has 4 nitrogen and oxygen atoms in total. The fourth-order valence-electron chi connectivity index (χ4n) is 2.07. The minimum Gasteiger partial charge on any atom is -0.378 e. The first kappa shape index (κ1) is 16.4. The van der Waals surface area contributed by atoms with E-state index in [2.05, 4.69) is 63.8 Å². The first-order chi connectivity index (χ1) is 10.6. The zero-order valence-electron chi connectivity index (χ0n) is 13.7. The van der Waals surface area contributed by atoms with Crippen LogP contribution < -0.4 is 15.5 Å². The summed E-state index contributed by atoms with van der Waals surface area (Å²) in [4.78, 5) is 9.01. The van der Waals surface area contributed by atoms with Gasteiger partial charge in [0.1, 0.15) is 0 Å². The van der Waals surface area contributed by atoms with Crippen LogP contribution in [0.4, 0.5) is 5.69 Å². The van der Waals surface area contributed by atoms with Crippen LogP contribution in [-0.2, 0) is 13.1 Å². The van der Waals surface area contributed by atoms with Crippen molar-refractivity contribution < 1.29 is 0 Å². The second-order valence-electron chi connectivity index (χ2n) is 5.35. The number of anilines is 1. The van der Waals surface area contributed by atoms with Crippen LogP contribution >= 0.6 is 11.3 Å². The molecule has 0 unspecified atom stereocenters. The minimum atomic E-state index is 0.761. The van der Waals surface area contributed by atoms with Crippen LogP contribution in [0.25, 0.3) is 0 Å². The Morgan fingerprint density at radius 3 is 2.27 bits per heavy atom. The number of nitrogens with zero attached hydrogens (tertiary/aromatic N) is 2. The van der Waals surface area contributed by atoms with Crippen molar-refractivity contribution in [2.75, 3.05) is 26.0 Å². The Morgan fingerprint density at radius 1 is 1.05 bits per heavy atom. The van der Waals surface area contributed by atoms with Crippen molar-refractivity contribution in [3.8, 4) is 0 Å². The summed E-state index contributed by atoms with van der Waals surface area (Å²) < 4.78 is 0. The van der Waals surface area contributed by atoms with Crippen molar-refractivity contribution in [3.63, 3.8) is 0 Å². The third-order valence-corrected chi connectivity index (χ3v) is 4.36. The Morgan fingerprint density at radius 2 is 1.73 bits per heavy atom. The highest BCUT2D eigenvalue weighted by Gasteiger charge is 2.01. The normalized spacial score (nSPS) is 11.4. The molecule has 2 rings (SSSR count). The third-order valence-electron chi connectivity index (χ3n) is 3.36. The number of hydrogen-bond acceptors (Lipinski definition) is 3. The summed E-state index contributed by atoms with van der Waals surface area (Å²) in [5.41, 5.74) is 2.44. The van der Waals surface area contributed by atoms with Crippen molar-refractivity contribution in [2.45, 2.75) is 20.0 Å². The molecule has 1 aromatic heterocycles. The number of nitrogens with one attached hydrogen (secondary N) is 2. The Hall–Kier alpha value is -2.01. The molecule has 1 aromatic carbocycles. The highest BCUT2D eigenvalue weighted by molar-refractivity contribution is 7.11. The van der Waals surface area contributed by atoms with Crippen LogP contribution in [0.1, 0.15) is 15.3 Å². The highest BCUT2D eigenvalue weighted by atomic mass is 32.1. The zero-order chi connectivity index (χ0) is 15.9. The molecule has 0 saturated heterocycles. The molecule has 22 heavy (non-hydrogen) atoms. The molecule has 2 N–H and O–H groups in total. The van der Waals surface area contributed by atoms with Crippen LogP contribution in [0.2, 0.25) is 0 Å². The highest BCUT2D eigenvalue weighted by Crippen LogP contribution is 2.14. The predicted octanol–water partition coefficient (Wildman–Crippen LogP) is 2.99. The van der Waals surface area contributed by atoms with E-state index in [4.69, 9.17) is 0 Å². The van der Waals surface area contributed by atoms with Gasteiger partial charge in [0.25, 0.3) is 0 Å². The monoisotopic (exact) mass is 316 g/mol. The van der Waals surface area contributed by atoms with Gasteiger partial charge in [-0.05, 0) is 36.8 Å². The van der Waals surface area contributed by atoms with E-state index in [0.717, 1.165) is 19.0 Å². The fourth-order valence-corrected chi connectivity index (χ4v) is 2.90. The zero-order valence-corrected chi connectivity index (χ0v) is 14.5. The lowest BCUT2D eigenvalue weighted by Crippen LogP contribution is -2.36. The van der Waals surface area contributed by atoms with Gasteiger partial charge in [-0.3, -0.25) is 4.99 Å². The molecule has 0 aliphatic heterocycles. The number of thiophene rings is 1. The molecule has 0 atom stereocenters. The summed E-state index contributed by atoms with van der Waals surface area (Å²) in [5, 5.41) is 6.68. The van der Waals surface area contributed by atoms with Gasteiger partial charge in [0.2, 0.25) is 0 Å². The number of aryl methyl sites for hydroxylation is 1. The van der Waals surface area contributed by atoms with Crippen molar-refractivity contribution in [1.82, 2.24) is 10.6 Å². The maximum Gasteiger partial charge on any atom is 0.191 e. The fraction of sp³-hybridized carbons (Fsp3) is 0.353. The summed E-state index contributed by atoms with van der Waals surface area (Å²) in [6.45, 7) is 3.69. The van der Waals surface area contributed by atoms with Crippen LogP contribution in [-0.4, -0.2) is 27.1 Å². The molecule has 5 heteroatoms. The first-order valence-corrected chi connectivity index (χ1v) is 8.16. The van der Waals surface area contributed by atoms with Crippen molar-refractivity contribution in [3.05, 3.63) is 51.7 Å². The molecule has 0 aliphatic rings. The van der Waals surface area contributed by atoms with Gasteiger partial charge in [0.05, 0.1) is 6.54 Å². The summed E-state index contributed by atoms with van der Waals surface area (Å²) in [6.07, 6.45) is 0. The summed E-state index contributed by atoms with van der Waals surface area (Å²) in [7, 11) is 5.89. The van der Waals surface area contributed by atoms with Gasteiger partial charge in [-0.2, -0.15) is 0 Å². The van der Waals surface area contributed by atoms with E-state index < -0.39 is 0 Å². The van der Waals surface area contributed by atoms with Gasteiger partial charge >= 0.3 is 0 Å². The van der Waals surface area contributed by atoms with E-state index in [9.17, 15) is 0 Å². The molecule has 0 bridgehead atoms. The third kappa shape index (κ3) is 4.77. The summed E-state index contributed by atoms with van der Waals surface area (Å²) >= 11 is 1.81. The average Bonchev–Trinajstić information content (AvgIpc) is 2.93. The second-order valence-corrected chi connectivity index (χ2v) is 6.73. The SMILES string of the molecule is CN=C(NCc1ccc(N(C)C)cc1)NCc1ccc(C)s1. The molecular weight excluding hydrogens is 292 g/mol. The molecule has 0 spiro atoms. The average molecular weight is 316 g/mol. The molecule has 1 heterocycles. The van der Waals surface area contributed by atoms with Gasteiger partial charge in [0.15, 0.2) is 5.96 Å². The predicted molar refractivity (Wildman–Crippen MR) is 96.9 cm³/mol. The van der Waals surface area contributed by atoms with Gasteiger partial charge in [-0.25, -0.2) is 0 Å². The van der Waals surface area contributed by atoms with E-state index in [1.807, 2.05) is 25.4 Å². The summed E-state index contributed by atoms with van der Waals surface area (Å²) in [6, 6.07) is 12.8. The van der Waals surface area contributed by atoms with Crippen LogP contribution in [0, 0.1) is 6.92 Å². The van der Waals surface area contributed by atoms with Crippen molar-refractivity contribution in [2.24, 2.45) is 4.99 Å². The second kappa shape index (κ2) is 7.84. The lowest BCUT2D eigenvalue weighted by Gasteiger charge is -2.14. The molecule has 118 valence electrons. The molecule has 2 aromatic rings. The lowest BCUT2D eigenvalue weighted by molar-refractivity contribution is 0.815. The topological polar surface area (TPSA) is 39.7 Å². The Balaban J connectivity index is 1.83. The van der Waals surface area contributed by atoms with Gasteiger partial charge in [-0.15, -0.1) is 11.3 Å². The summed E-state index contributed by atoms with van der Waals surface area (Å²) in [5.74, 6) is 0.822. The van der Waals surface area contributed by atoms with E-state index in [0.29, 0.717) is 0 Å². The van der Waals surface area contributed by atoms with Crippen LogP contribution in [0.3, 0.4) is 0 Å². The molecule has 0 saturated carbocycles. The molecule has 0 fully saturated rings. The van der Waals surface area contributed by atoms with Crippen LogP contribution in [0.15, 0.2) is 41.4 Å². The Bertz CT molecular complexity index is 614. The van der Waals surface area contributed by atoms with E-state index in [1.165, 1.54) is 21.0 Å². The molecule has 0 amide bonds. The van der Waals surface area contributed by atoms with Crippen molar-refractivity contribution >= 4 is 23.0 Å². The molecule has 0 aliphatic carbocycles. The smallest absolute Gasteiger partial charge is 0.191 e. The number of benzene rings is 1. The number of hydrogen-bond donors (Lipinski definition) is 2. The Kier molecular flexibility index (Phi) is 5.83. The number of aliphatic imine (C=N–C) groups is 1. The minimum absolute atomic E-state index is 0.761.